The molecule has 2 aliphatic rings. The van der Waals surface area contributed by atoms with Gasteiger partial charge in [0.1, 0.15) is 0 Å². The van der Waals surface area contributed by atoms with Crippen LogP contribution in [0.1, 0.15) is 56.1 Å². The Hall–Kier alpha value is -1.96. The number of methoxy groups -OCH3 is 2. The van der Waals surface area contributed by atoms with Gasteiger partial charge in [0.05, 0.1) is 12.1 Å². The highest BCUT2D eigenvalue weighted by Gasteiger charge is 2.42. The van der Waals surface area contributed by atoms with E-state index in [1.807, 2.05) is 28.9 Å². The maximum atomic E-state index is 13.1. The number of hydrogen-bond acceptors (Lipinski definition) is 5. The van der Waals surface area contributed by atoms with E-state index >= 15 is 0 Å². The monoisotopic (exact) mass is 400 g/mol. The molecule has 158 valence electrons. The van der Waals surface area contributed by atoms with Crippen molar-refractivity contribution >= 4 is 16.8 Å². The fourth-order valence-electron chi connectivity index (χ4n) is 5.01. The van der Waals surface area contributed by atoms with Gasteiger partial charge in [-0.1, -0.05) is 18.2 Å². The predicted octanol–water partition coefficient (Wildman–Crippen LogP) is 2.96. The first kappa shape index (κ1) is 20.3. The predicted molar refractivity (Wildman–Crippen MR) is 112 cm³/mol. The molecule has 2 bridgehead atoms. The van der Waals surface area contributed by atoms with Crippen molar-refractivity contribution < 1.29 is 14.3 Å². The van der Waals surface area contributed by atoms with Crippen LogP contribution in [0, 0.1) is 0 Å². The summed E-state index contributed by atoms with van der Waals surface area (Å²) in [4.78, 5) is 15.6. The summed E-state index contributed by atoms with van der Waals surface area (Å²) in [7, 11) is 3.37. The molecule has 7 nitrogen and oxygen atoms in total. The Labute approximate surface area is 172 Å². The van der Waals surface area contributed by atoms with Gasteiger partial charge in [-0.15, -0.1) is 0 Å². The zero-order valence-electron chi connectivity index (χ0n) is 17.8. The maximum absolute atomic E-state index is 13.1. The lowest BCUT2D eigenvalue weighted by Gasteiger charge is -2.40. The number of amides is 1. The van der Waals surface area contributed by atoms with Crippen LogP contribution in [-0.2, 0) is 9.47 Å². The van der Waals surface area contributed by atoms with E-state index in [2.05, 4.69) is 29.2 Å². The molecule has 0 saturated carbocycles. The number of nitrogens with one attached hydrogen (secondary N) is 1. The van der Waals surface area contributed by atoms with Crippen molar-refractivity contribution in [2.24, 2.45) is 0 Å². The standard InChI is InChI=1S/C22H32N4O3/c1-14(2)26-19-8-6-5-7-18(19)21(24-26)22(27)23-15-11-16-9-10-17(12-15)25(16)13-20(28-3)29-4/h5-8,14-17,20H,9-13H2,1-4H3,(H,23,27)/t15?,16-,17+. The number of aromatic nitrogens is 2. The number of rotatable bonds is 7. The lowest BCUT2D eigenvalue weighted by molar-refractivity contribution is -0.125. The third-order valence-corrected chi connectivity index (χ3v) is 6.42. The average Bonchev–Trinajstić information content (AvgIpc) is 3.21. The van der Waals surface area contributed by atoms with E-state index in [1.54, 1.807) is 14.2 Å². The number of fused-ring (bicyclic) bond motifs is 3. The molecule has 2 fully saturated rings. The summed E-state index contributed by atoms with van der Waals surface area (Å²) in [5.41, 5.74) is 1.54. The van der Waals surface area contributed by atoms with E-state index in [0.29, 0.717) is 17.8 Å². The maximum Gasteiger partial charge on any atom is 0.272 e. The van der Waals surface area contributed by atoms with E-state index in [-0.39, 0.29) is 24.3 Å². The Morgan fingerprint density at radius 3 is 2.45 bits per heavy atom. The zero-order valence-corrected chi connectivity index (χ0v) is 17.8. The van der Waals surface area contributed by atoms with E-state index in [9.17, 15) is 4.79 Å². The molecular formula is C22H32N4O3. The van der Waals surface area contributed by atoms with E-state index in [4.69, 9.17) is 9.47 Å². The van der Waals surface area contributed by atoms with Gasteiger partial charge in [-0.3, -0.25) is 14.4 Å². The van der Waals surface area contributed by atoms with E-state index < -0.39 is 0 Å². The van der Waals surface area contributed by atoms with Crippen molar-refractivity contribution in [2.75, 3.05) is 20.8 Å². The van der Waals surface area contributed by atoms with Gasteiger partial charge in [0.15, 0.2) is 12.0 Å². The van der Waals surface area contributed by atoms with Crippen molar-refractivity contribution in [2.45, 2.75) is 70.0 Å². The van der Waals surface area contributed by atoms with Crippen LogP contribution in [-0.4, -0.2) is 65.8 Å². The first-order chi connectivity index (χ1) is 14.0. The van der Waals surface area contributed by atoms with E-state index in [0.717, 1.165) is 30.3 Å². The fraction of sp³-hybridized carbons (Fsp3) is 0.636. The smallest absolute Gasteiger partial charge is 0.272 e. The highest BCUT2D eigenvalue weighted by molar-refractivity contribution is 6.05. The molecule has 3 heterocycles. The Morgan fingerprint density at radius 2 is 1.83 bits per heavy atom. The van der Waals surface area contributed by atoms with Crippen LogP contribution in [0.15, 0.2) is 24.3 Å². The Bertz CT molecular complexity index is 847. The van der Waals surface area contributed by atoms with Crippen molar-refractivity contribution in [1.29, 1.82) is 0 Å². The Kier molecular flexibility index (Phi) is 5.90. The number of ether oxygens (including phenoxy) is 2. The van der Waals surface area contributed by atoms with Gasteiger partial charge < -0.3 is 14.8 Å². The minimum absolute atomic E-state index is 0.0647. The van der Waals surface area contributed by atoms with Gasteiger partial charge in [-0.05, 0) is 45.6 Å². The summed E-state index contributed by atoms with van der Waals surface area (Å²) in [6, 6.07) is 9.29. The molecule has 1 aromatic carbocycles. The minimum Gasteiger partial charge on any atom is -0.355 e. The van der Waals surface area contributed by atoms with Crippen LogP contribution < -0.4 is 5.32 Å². The SMILES string of the molecule is COC(CN1[C@@H]2CC[C@H]1CC(NC(=O)c1nn(C(C)C)c3ccccc13)C2)OC. The number of piperidine rings is 1. The van der Waals surface area contributed by atoms with Gasteiger partial charge >= 0.3 is 0 Å². The van der Waals surface area contributed by atoms with Crippen LogP contribution >= 0.6 is 0 Å². The number of nitrogens with zero attached hydrogens (tertiary/aromatic N) is 3. The second kappa shape index (κ2) is 8.42. The highest BCUT2D eigenvalue weighted by Crippen LogP contribution is 2.36. The van der Waals surface area contributed by atoms with Gasteiger partial charge in [-0.2, -0.15) is 5.10 Å². The molecule has 29 heavy (non-hydrogen) atoms. The molecule has 7 heteroatoms. The molecule has 2 aromatic rings. The van der Waals surface area contributed by atoms with Crippen LogP contribution in [0.4, 0.5) is 0 Å². The number of hydrogen-bond donors (Lipinski definition) is 1. The first-order valence-electron chi connectivity index (χ1n) is 10.6. The Balaban J connectivity index is 1.46. The number of para-hydroxylation sites is 1. The normalized spacial score (nSPS) is 24.7. The van der Waals surface area contributed by atoms with Gasteiger partial charge in [-0.25, -0.2) is 0 Å². The lowest BCUT2D eigenvalue weighted by atomic mass is 9.97. The van der Waals surface area contributed by atoms with Gasteiger partial charge in [0.2, 0.25) is 0 Å². The summed E-state index contributed by atoms with van der Waals surface area (Å²) in [6.07, 6.45) is 4.07. The summed E-state index contributed by atoms with van der Waals surface area (Å²) < 4.78 is 12.7. The average molecular weight is 401 g/mol. The molecule has 1 unspecified atom stereocenters. The van der Waals surface area contributed by atoms with Crippen LogP contribution in [0.3, 0.4) is 0 Å². The van der Waals surface area contributed by atoms with Crippen molar-refractivity contribution in [3.8, 4) is 0 Å². The summed E-state index contributed by atoms with van der Waals surface area (Å²) >= 11 is 0. The third kappa shape index (κ3) is 3.91. The topological polar surface area (TPSA) is 68.6 Å². The van der Waals surface area contributed by atoms with Crippen LogP contribution in [0.25, 0.3) is 10.9 Å². The van der Waals surface area contributed by atoms with Crippen LogP contribution in [0.5, 0.6) is 0 Å². The molecule has 1 N–H and O–H groups in total. The lowest BCUT2D eigenvalue weighted by Crippen LogP contribution is -2.52. The highest BCUT2D eigenvalue weighted by atomic mass is 16.7. The van der Waals surface area contributed by atoms with Crippen molar-refractivity contribution in [3.05, 3.63) is 30.0 Å². The summed E-state index contributed by atoms with van der Waals surface area (Å²) in [5.74, 6) is -0.0647. The van der Waals surface area contributed by atoms with Crippen molar-refractivity contribution in [1.82, 2.24) is 20.0 Å². The fourth-order valence-corrected chi connectivity index (χ4v) is 5.01. The quantitative estimate of drug-likeness (QED) is 0.724. The molecule has 1 aromatic heterocycles. The zero-order chi connectivity index (χ0) is 20.5. The molecule has 0 radical (unpaired) electrons. The molecule has 3 atom stereocenters. The molecule has 0 spiro atoms. The van der Waals surface area contributed by atoms with Gasteiger partial charge in [0.25, 0.3) is 5.91 Å². The summed E-state index contributed by atoms with van der Waals surface area (Å²) in [5, 5.41) is 8.84. The van der Waals surface area contributed by atoms with Gasteiger partial charge in [0, 0.05) is 43.8 Å². The minimum atomic E-state index is -0.199. The molecular weight excluding hydrogens is 368 g/mol. The number of carbonyl (C=O) groups is 1. The first-order valence-corrected chi connectivity index (χ1v) is 10.6. The molecule has 0 aliphatic carbocycles. The molecule has 2 aliphatic heterocycles. The molecule has 4 rings (SSSR count). The Morgan fingerprint density at radius 1 is 1.17 bits per heavy atom. The summed E-state index contributed by atoms with van der Waals surface area (Å²) in [6.45, 7) is 4.95. The second-order valence-corrected chi connectivity index (χ2v) is 8.53. The van der Waals surface area contributed by atoms with Crippen LogP contribution in [0.2, 0.25) is 0 Å². The number of carbonyl (C=O) groups excluding carboxylic acids is 1. The molecule has 1 amide bonds. The van der Waals surface area contributed by atoms with Crippen molar-refractivity contribution in [3.63, 3.8) is 0 Å². The largest absolute Gasteiger partial charge is 0.355 e. The second-order valence-electron chi connectivity index (χ2n) is 8.53. The third-order valence-electron chi connectivity index (χ3n) is 6.42. The number of benzene rings is 1. The molecule has 2 saturated heterocycles. The van der Waals surface area contributed by atoms with E-state index in [1.165, 1.54) is 12.8 Å².